The first kappa shape index (κ1) is 13.6. The molecule has 0 spiro atoms. The van der Waals surface area contributed by atoms with E-state index in [0.717, 1.165) is 11.1 Å². The van der Waals surface area contributed by atoms with Gasteiger partial charge in [-0.3, -0.25) is 0 Å². The Morgan fingerprint density at radius 1 is 1.26 bits per heavy atom. The zero-order valence-corrected chi connectivity index (χ0v) is 11.2. The molecule has 0 bridgehead atoms. The molecule has 4 heteroatoms. The Kier molecular flexibility index (Phi) is 4.22. The van der Waals surface area contributed by atoms with Crippen molar-refractivity contribution < 1.29 is 14.3 Å². The number of halogens is 1. The average Bonchev–Trinajstić information content (AvgIpc) is 2.36. The third-order valence-corrected chi connectivity index (χ3v) is 3.79. The second kappa shape index (κ2) is 5.89. The van der Waals surface area contributed by atoms with Crippen molar-refractivity contribution in [3.05, 3.63) is 65.0 Å². The van der Waals surface area contributed by atoms with Crippen molar-refractivity contribution in [1.29, 1.82) is 0 Å². The minimum Gasteiger partial charge on any atom is -0.478 e. The molecule has 0 radical (unpaired) electrons. The summed E-state index contributed by atoms with van der Waals surface area (Å²) >= 11 is 1.33. The summed E-state index contributed by atoms with van der Waals surface area (Å²) in [5.74, 6) is -1.31. The zero-order chi connectivity index (χ0) is 13.8. The molecule has 98 valence electrons. The maximum Gasteiger partial charge on any atom is 0.339 e. The Morgan fingerprint density at radius 3 is 2.68 bits per heavy atom. The molecule has 0 saturated heterocycles. The molecule has 0 aliphatic carbocycles. The summed E-state index contributed by atoms with van der Waals surface area (Å²) in [4.78, 5) is 11.5. The highest BCUT2D eigenvalue weighted by Crippen LogP contribution is 2.28. The third-order valence-electron chi connectivity index (χ3n) is 2.67. The number of carboxylic acids is 1. The second-order valence-corrected chi connectivity index (χ2v) is 5.21. The van der Waals surface area contributed by atoms with E-state index in [1.807, 2.05) is 31.2 Å². The molecule has 2 rings (SSSR count). The molecule has 0 heterocycles. The van der Waals surface area contributed by atoms with Gasteiger partial charge in [0.1, 0.15) is 11.4 Å². The third kappa shape index (κ3) is 3.35. The van der Waals surface area contributed by atoms with Crippen LogP contribution in [0.15, 0.2) is 47.4 Å². The van der Waals surface area contributed by atoms with Crippen molar-refractivity contribution in [3.8, 4) is 0 Å². The molecule has 0 unspecified atom stereocenters. The predicted octanol–water partition coefficient (Wildman–Crippen LogP) is 4.12. The van der Waals surface area contributed by atoms with Crippen molar-refractivity contribution in [3.63, 3.8) is 0 Å². The van der Waals surface area contributed by atoms with Crippen LogP contribution in [0.3, 0.4) is 0 Å². The number of thioether (sulfide) groups is 1. The van der Waals surface area contributed by atoms with E-state index in [-0.39, 0.29) is 5.56 Å². The van der Waals surface area contributed by atoms with Gasteiger partial charge in [0.05, 0.1) is 0 Å². The molecular weight excluding hydrogens is 263 g/mol. The molecule has 0 fully saturated rings. The number of hydrogen-bond acceptors (Lipinski definition) is 2. The van der Waals surface area contributed by atoms with E-state index >= 15 is 0 Å². The molecule has 0 aliphatic rings. The molecule has 2 aromatic rings. The summed E-state index contributed by atoms with van der Waals surface area (Å²) in [5.41, 5.74) is 1.99. The van der Waals surface area contributed by atoms with Crippen LogP contribution in [-0.4, -0.2) is 11.1 Å². The first-order chi connectivity index (χ1) is 9.08. The van der Waals surface area contributed by atoms with Gasteiger partial charge in [-0.15, -0.1) is 11.8 Å². The molecule has 1 N–H and O–H groups in total. The monoisotopic (exact) mass is 276 g/mol. The van der Waals surface area contributed by atoms with Crippen LogP contribution in [0.25, 0.3) is 0 Å². The van der Waals surface area contributed by atoms with Crippen LogP contribution in [0.5, 0.6) is 0 Å². The molecule has 0 amide bonds. The van der Waals surface area contributed by atoms with E-state index in [2.05, 4.69) is 0 Å². The molecular formula is C15H13FO2S. The van der Waals surface area contributed by atoms with Crippen LogP contribution in [0.2, 0.25) is 0 Å². The molecule has 0 saturated carbocycles. The summed E-state index contributed by atoms with van der Waals surface area (Å²) in [5, 5.41) is 9.03. The average molecular weight is 276 g/mol. The number of carbonyl (C=O) groups is 1. The van der Waals surface area contributed by atoms with Gasteiger partial charge >= 0.3 is 5.97 Å². The largest absolute Gasteiger partial charge is 0.478 e. The predicted molar refractivity (Wildman–Crippen MR) is 74.1 cm³/mol. The quantitative estimate of drug-likeness (QED) is 0.853. The molecule has 19 heavy (non-hydrogen) atoms. The standard InChI is InChI=1S/C15H13FO2S/c1-10-4-2-5-11(8-10)9-19-13-7-3-6-12(16)14(13)15(17)18/h2-8H,9H2,1H3,(H,17,18). The Morgan fingerprint density at radius 2 is 2.00 bits per heavy atom. The van der Waals surface area contributed by atoms with Crippen LogP contribution in [0, 0.1) is 12.7 Å². The topological polar surface area (TPSA) is 37.3 Å². The van der Waals surface area contributed by atoms with Crippen LogP contribution < -0.4 is 0 Å². The second-order valence-electron chi connectivity index (χ2n) is 4.20. The van der Waals surface area contributed by atoms with Gasteiger partial charge in [0, 0.05) is 10.6 Å². The summed E-state index contributed by atoms with van der Waals surface area (Å²) < 4.78 is 13.5. The first-order valence-corrected chi connectivity index (χ1v) is 6.76. The Hall–Kier alpha value is -1.81. The van der Waals surface area contributed by atoms with E-state index in [9.17, 15) is 9.18 Å². The van der Waals surface area contributed by atoms with Gasteiger partial charge in [0.15, 0.2) is 0 Å². The van der Waals surface area contributed by atoms with Crippen LogP contribution >= 0.6 is 11.8 Å². The van der Waals surface area contributed by atoms with Crippen LogP contribution in [-0.2, 0) is 5.75 Å². The Labute approximate surface area is 115 Å². The van der Waals surface area contributed by atoms with Gasteiger partial charge in [-0.25, -0.2) is 9.18 Å². The molecule has 0 atom stereocenters. The zero-order valence-electron chi connectivity index (χ0n) is 10.4. The summed E-state index contributed by atoms with van der Waals surface area (Å²) in [6.45, 7) is 2.00. The molecule has 0 aliphatic heterocycles. The highest BCUT2D eigenvalue weighted by Gasteiger charge is 2.15. The minimum absolute atomic E-state index is 0.250. The van der Waals surface area contributed by atoms with Gasteiger partial charge in [0.2, 0.25) is 0 Å². The van der Waals surface area contributed by atoms with E-state index in [0.29, 0.717) is 10.6 Å². The fourth-order valence-electron chi connectivity index (χ4n) is 1.80. The Bertz CT molecular complexity index is 611. The van der Waals surface area contributed by atoms with Crippen molar-refractivity contribution >= 4 is 17.7 Å². The van der Waals surface area contributed by atoms with Crippen molar-refractivity contribution in [2.24, 2.45) is 0 Å². The smallest absolute Gasteiger partial charge is 0.339 e. The van der Waals surface area contributed by atoms with E-state index in [1.54, 1.807) is 6.07 Å². The lowest BCUT2D eigenvalue weighted by Gasteiger charge is -2.07. The van der Waals surface area contributed by atoms with E-state index in [1.165, 1.54) is 23.9 Å². The highest BCUT2D eigenvalue weighted by molar-refractivity contribution is 7.98. The van der Waals surface area contributed by atoms with Gasteiger partial charge in [0.25, 0.3) is 0 Å². The molecule has 2 aromatic carbocycles. The van der Waals surface area contributed by atoms with Gasteiger partial charge in [-0.1, -0.05) is 35.9 Å². The lowest BCUT2D eigenvalue weighted by atomic mass is 10.2. The number of aromatic carboxylic acids is 1. The van der Waals surface area contributed by atoms with Crippen LogP contribution in [0.1, 0.15) is 21.5 Å². The lowest BCUT2D eigenvalue weighted by molar-refractivity contribution is 0.0688. The minimum atomic E-state index is -1.23. The summed E-state index contributed by atoms with van der Waals surface area (Å²) in [7, 11) is 0. The van der Waals surface area contributed by atoms with Crippen molar-refractivity contribution in [2.45, 2.75) is 17.6 Å². The van der Waals surface area contributed by atoms with Gasteiger partial charge in [-0.2, -0.15) is 0 Å². The summed E-state index contributed by atoms with van der Waals surface area (Å²) in [6.07, 6.45) is 0. The maximum atomic E-state index is 13.5. The molecule has 0 aromatic heterocycles. The normalized spacial score (nSPS) is 10.4. The summed E-state index contributed by atoms with van der Waals surface area (Å²) in [6, 6.07) is 12.3. The van der Waals surface area contributed by atoms with E-state index in [4.69, 9.17) is 5.11 Å². The van der Waals surface area contributed by atoms with Gasteiger partial charge < -0.3 is 5.11 Å². The maximum absolute atomic E-state index is 13.5. The van der Waals surface area contributed by atoms with Gasteiger partial charge in [-0.05, 0) is 24.6 Å². The number of aryl methyl sites for hydroxylation is 1. The number of rotatable bonds is 4. The highest BCUT2D eigenvalue weighted by atomic mass is 32.2. The SMILES string of the molecule is Cc1cccc(CSc2cccc(F)c2C(=O)O)c1. The van der Waals surface area contributed by atoms with E-state index < -0.39 is 11.8 Å². The van der Waals surface area contributed by atoms with Crippen molar-refractivity contribution in [1.82, 2.24) is 0 Å². The fraction of sp³-hybridized carbons (Fsp3) is 0.133. The lowest BCUT2D eigenvalue weighted by Crippen LogP contribution is -2.02. The number of benzene rings is 2. The number of carboxylic acid groups (broad SMARTS) is 1. The van der Waals surface area contributed by atoms with Crippen LogP contribution in [0.4, 0.5) is 4.39 Å². The van der Waals surface area contributed by atoms with Crippen molar-refractivity contribution in [2.75, 3.05) is 0 Å². The molecule has 2 nitrogen and oxygen atoms in total. The first-order valence-electron chi connectivity index (χ1n) is 5.78. The Balaban J connectivity index is 2.20. The fourth-order valence-corrected chi connectivity index (χ4v) is 2.80. The number of hydrogen-bond donors (Lipinski definition) is 1.